The van der Waals surface area contributed by atoms with E-state index in [0.29, 0.717) is 16.8 Å². The number of halogens is 3. The maximum absolute atomic E-state index is 12.6. The van der Waals surface area contributed by atoms with Crippen molar-refractivity contribution in [2.24, 2.45) is 0 Å². The molecule has 0 saturated heterocycles. The predicted octanol–water partition coefficient (Wildman–Crippen LogP) is 4.59. The van der Waals surface area contributed by atoms with Crippen molar-refractivity contribution >= 4 is 5.91 Å². The molecular weight excluding hydrogens is 355 g/mol. The summed E-state index contributed by atoms with van der Waals surface area (Å²) in [6, 6.07) is 12.5. The van der Waals surface area contributed by atoms with E-state index in [1.54, 1.807) is 0 Å². The molecule has 1 aromatic heterocycles. The van der Waals surface area contributed by atoms with Gasteiger partial charge in [0.2, 0.25) is 0 Å². The van der Waals surface area contributed by atoms with Crippen LogP contribution in [-0.2, 0) is 19.1 Å². The number of carbonyl (C=O) groups excluding carboxylic acids is 1. The average molecular weight is 373 g/mol. The fraction of sp³-hybridized carbons (Fsp3) is 0.200. The van der Waals surface area contributed by atoms with E-state index in [1.807, 2.05) is 24.3 Å². The third-order valence-electron chi connectivity index (χ3n) is 4.27. The van der Waals surface area contributed by atoms with Crippen LogP contribution in [0.3, 0.4) is 0 Å². The molecule has 27 heavy (non-hydrogen) atoms. The van der Waals surface area contributed by atoms with Gasteiger partial charge in [0.15, 0.2) is 0 Å². The highest BCUT2D eigenvalue weighted by molar-refractivity contribution is 5.99. The Balaban J connectivity index is 1.69. The highest BCUT2D eigenvalue weighted by atomic mass is 19.4. The average Bonchev–Trinajstić information content (AvgIpc) is 3.16. The third kappa shape index (κ3) is 4.36. The number of alkyl halides is 3. The second kappa shape index (κ2) is 7.65. The van der Waals surface area contributed by atoms with Crippen LogP contribution >= 0.6 is 0 Å². The molecule has 0 saturated carbocycles. The van der Waals surface area contributed by atoms with Crippen LogP contribution < -0.4 is 5.32 Å². The van der Waals surface area contributed by atoms with E-state index in [4.69, 9.17) is 0 Å². The van der Waals surface area contributed by atoms with Crippen LogP contribution in [0.1, 0.15) is 34.0 Å². The number of hydrogen-bond acceptors (Lipinski definition) is 2. The van der Waals surface area contributed by atoms with Crippen molar-refractivity contribution in [1.82, 2.24) is 15.5 Å². The van der Waals surface area contributed by atoms with Gasteiger partial charge in [-0.25, -0.2) is 0 Å². The molecule has 0 radical (unpaired) electrons. The van der Waals surface area contributed by atoms with E-state index in [-0.39, 0.29) is 12.5 Å². The lowest BCUT2D eigenvalue weighted by molar-refractivity contribution is -0.137. The maximum atomic E-state index is 12.6. The number of hydrogen-bond donors (Lipinski definition) is 2. The fourth-order valence-corrected chi connectivity index (χ4v) is 2.67. The van der Waals surface area contributed by atoms with E-state index in [9.17, 15) is 18.0 Å². The van der Waals surface area contributed by atoms with Crippen molar-refractivity contribution in [3.05, 3.63) is 77.0 Å². The molecule has 0 spiro atoms. The van der Waals surface area contributed by atoms with Crippen LogP contribution in [0.15, 0.2) is 54.7 Å². The largest absolute Gasteiger partial charge is 0.416 e. The zero-order valence-corrected chi connectivity index (χ0v) is 14.6. The minimum absolute atomic E-state index is 0.121. The van der Waals surface area contributed by atoms with Crippen LogP contribution in [-0.4, -0.2) is 16.1 Å². The van der Waals surface area contributed by atoms with E-state index < -0.39 is 11.7 Å². The molecule has 3 aromatic rings. The summed E-state index contributed by atoms with van der Waals surface area (Å²) < 4.78 is 37.8. The Labute approximate surface area is 154 Å². The Hall–Kier alpha value is -3.09. The highest BCUT2D eigenvalue weighted by Gasteiger charge is 2.29. The predicted molar refractivity (Wildman–Crippen MR) is 96.0 cm³/mol. The van der Waals surface area contributed by atoms with Crippen LogP contribution in [0.25, 0.3) is 11.3 Å². The van der Waals surface area contributed by atoms with Crippen LogP contribution in [0, 0.1) is 0 Å². The Morgan fingerprint density at radius 3 is 2.26 bits per heavy atom. The Morgan fingerprint density at radius 2 is 1.67 bits per heavy atom. The first kappa shape index (κ1) is 18.7. The number of H-pyrrole nitrogens is 1. The van der Waals surface area contributed by atoms with Crippen molar-refractivity contribution in [2.75, 3.05) is 0 Å². The first-order chi connectivity index (χ1) is 12.9. The number of aromatic nitrogens is 2. The zero-order valence-electron chi connectivity index (χ0n) is 14.6. The summed E-state index contributed by atoms with van der Waals surface area (Å²) in [7, 11) is 0. The molecule has 7 heteroatoms. The van der Waals surface area contributed by atoms with Crippen LogP contribution in [0.2, 0.25) is 0 Å². The molecule has 2 aromatic carbocycles. The lowest BCUT2D eigenvalue weighted by Gasteiger charge is -2.09. The van der Waals surface area contributed by atoms with Gasteiger partial charge >= 0.3 is 6.18 Å². The Kier molecular flexibility index (Phi) is 5.30. The van der Waals surface area contributed by atoms with Crippen molar-refractivity contribution in [2.45, 2.75) is 26.1 Å². The van der Waals surface area contributed by atoms with E-state index in [1.165, 1.54) is 23.9 Å². The summed E-state index contributed by atoms with van der Waals surface area (Å²) in [5.41, 5.74) is 2.86. The summed E-state index contributed by atoms with van der Waals surface area (Å²) in [6.07, 6.45) is -2.02. The first-order valence-electron chi connectivity index (χ1n) is 8.45. The van der Waals surface area contributed by atoms with Gasteiger partial charge in [-0.05, 0) is 29.7 Å². The van der Waals surface area contributed by atoms with Crippen LogP contribution in [0.4, 0.5) is 13.2 Å². The van der Waals surface area contributed by atoms with Gasteiger partial charge in [0.05, 0.1) is 23.0 Å². The number of amides is 1. The molecular formula is C20H18F3N3O. The maximum Gasteiger partial charge on any atom is 0.416 e. The molecule has 0 aliphatic heterocycles. The van der Waals surface area contributed by atoms with Gasteiger partial charge in [0.1, 0.15) is 0 Å². The van der Waals surface area contributed by atoms with Crippen molar-refractivity contribution in [3.8, 4) is 11.3 Å². The zero-order chi connectivity index (χ0) is 19.4. The van der Waals surface area contributed by atoms with Gasteiger partial charge in [0, 0.05) is 12.1 Å². The molecule has 1 amide bonds. The third-order valence-corrected chi connectivity index (χ3v) is 4.27. The monoisotopic (exact) mass is 373 g/mol. The van der Waals surface area contributed by atoms with E-state index in [2.05, 4.69) is 22.4 Å². The topological polar surface area (TPSA) is 57.8 Å². The number of nitrogens with one attached hydrogen (secondary N) is 2. The molecule has 0 aliphatic carbocycles. The normalized spacial score (nSPS) is 11.4. The minimum Gasteiger partial charge on any atom is -0.348 e. The SMILES string of the molecule is CCc1ccc(-c2[nH]ncc2C(=O)NCc2ccc(C(F)(F)F)cc2)cc1. The number of nitrogens with zero attached hydrogens (tertiary/aromatic N) is 1. The van der Waals surface area contributed by atoms with Gasteiger partial charge in [0.25, 0.3) is 5.91 Å². The Bertz CT molecular complexity index is 913. The molecule has 3 rings (SSSR count). The molecule has 140 valence electrons. The van der Waals surface area contributed by atoms with Crippen molar-refractivity contribution in [3.63, 3.8) is 0 Å². The van der Waals surface area contributed by atoms with Gasteiger partial charge in [-0.3, -0.25) is 9.89 Å². The standard InChI is InChI=1S/C20H18F3N3O/c1-2-13-3-7-15(8-4-13)18-17(12-25-26-18)19(27)24-11-14-5-9-16(10-6-14)20(21,22)23/h3-10,12H,2,11H2,1H3,(H,24,27)(H,25,26). The van der Waals surface area contributed by atoms with Crippen LogP contribution in [0.5, 0.6) is 0 Å². The molecule has 2 N–H and O–H groups in total. The highest BCUT2D eigenvalue weighted by Crippen LogP contribution is 2.29. The number of carbonyl (C=O) groups is 1. The van der Waals surface area contributed by atoms with E-state index >= 15 is 0 Å². The van der Waals surface area contributed by atoms with E-state index in [0.717, 1.165) is 24.1 Å². The van der Waals surface area contributed by atoms with Gasteiger partial charge < -0.3 is 5.32 Å². The number of aromatic amines is 1. The van der Waals surface area contributed by atoms with Gasteiger partial charge in [-0.2, -0.15) is 18.3 Å². The van der Waals surface area contributed by atoms with Crippen molar-refractivity contribution in [1.29, 1.82) is 0 Å². The first-order valence-corrected chi connectivity index (χ1v) is 8.45. The summed E-state index contributed by atoms with van der Waals surface area (Å²) >= 11 is 0. The number of benzene rings is 2. The number of aryl methyl sites for hydroxylation is 1. The van der Waals surface area contributed by atoms with Gasteiger partial charge in [-0.15, -0.1) is 0 Å². The second-order valence-electron chi connectivity index (χ2n) is 6.09. The summed E-state index contributed by atoms with van der Waals surface area (Å²) in [5, 5.41) is 9.48. The quantitative estimate of drug-likeness (QED) is 0.687. The molecule has 4 nitrogen and oxygen atoms in total. The molecule has 0 unspecified atom stereocenters. The molecule has 0 atom stereocenters. The molecule has 1 heterocycles. The molecule has 0 bridgehead atoms. The molecule has 0 aliphatic rings. The lowest BCUT2D eigenvalue weighted by atomic mass is 10.0. The number of rotatable bonds is 5. The smallest absolute Gasteiger partial charge is 0.348 e. The summed E-state index contributed by atoms with van der Waals surface area (Å²) in [5.74, 6) is -0.349. The minimum atomic E-state index is -4.37. The molecule has 0 fully saturated rings. The van der Waals surface area contributed by atoms with Crippen molar-refractivity contribution < 1.29 is 18.0 Å². The Morgan fingerprint density at radius 1 is 1.04 bits per heavy atom. The summed E-state index contributed by atoms with van der Waals surface area (Å²) in [6.45, 7) is 2.18. The second-order valence-corrected chi connectivity index (χ2v) is 6.09. The fourth-order valence-electron chi connectivity index (χ4n) is 2.67. The van der Waals surface area contributed by atoms with Gasteiger partial charge in [-0.1, -0.05) is 43.3 Å². The summed E-state index contributed by atoms with van der Waals surface area (Å²) in [4.78, 5) is 12.5. The lowest BCUT2D eigenvalue weighted by Crippen LogP contribution is -2.23.